The van der Waals surface area contributed by atoms with Crippen molar-refractivity contribution in [2.75, 3.05) is 31.5 Å². The highest BCUT2D eigenvalue weighted by atomic mass is 32.9. The third kappa shape index (κ3) is 13.5. The molecule has 0 bridgehead atoms. The smallest absolute Gasteiger partial charge is 0.248 e. The van der Waals surface area contributed by atoms with Crippen molar-refractivity contribution in [3.8, 4) is 5.75 Å². The van der Waals surface area contributed by atoms with E-state index >= 15 is 0 Å². The van der Waals surface area contributed by atoms with Crippen molar-refractivity contribution < 1.29 is 23.2 Å². The van der Waals surface area contributed by atoms with Crippen molar-refractivity contribution >= 4 is 57.8 Å². The number of benzene rings is 1. The first-order chi connectivity index (χ1) is 16.0. The lowest BCUT2D eigenvalue weighted by molar-refractivity contribution is 0.280. The van der Waals surface area contributed by atoms with E-state index in [2.05, 4.69) is 60.6 Å². The molecule has 0 radical (unpaired) electrons. The Morgan fingerprint density at radius 3 is 1.23 bits per heavy atom. The van der Waals surface area contributed by atoms with Crippen LogP contribution in [0.25, 0.3) is 0 Å². The summed E-state index contributed by atoms with van der Waals surface area (Å²) in [5.41, 5.74) is -1.25. The van der Waals surface area contributed by atoms with Crippen LogP contribution in [0.1, 0.15) is 85.9 Å². The van der Waals surface area contributed by atoms with E-state index in [0.717, 1.165) is 11.1 Å². The molecule has 0 aliphatic carbocycles. The average molecular weight is 605 g/mol. The molecular weight excluding hydrogens is 558 g/mol. The SMILES string of the molecule is CCOP(=S)(OCC)SCSP(=S)(OCC)OCC.Cc1cc(C(C)(C)C)c(O)c(C(C)(C)C)c1. The fraction of sp³-hybridized carbons (Fsp3) is 0.750. The Balaban J connectivity index is 0.000000669. The third-order valence-corrected chi connectivity index (χ3v) is 16.4. The maximum Gasteiger partial charge on any atom is 0.248 e. The van der Waals surface area contributed by atoms with Gasteiger partial charge in [0, 0.05) is 0 Å². The van der Waals surface area contributed by atoms with Gasteiger partial charge in [0.2, 0.25) is 11.4 Å². The molecule has 0 fully saturated rings. The van der Waals surface area contributed by atoms with E-state index in [-0.39, 0.29) is 10.8 Å². The first-order valence-electron chi connectivity index (χ1n) is 11.9. The van der Waals surface area contributed by atoms with E-state index in [1.807, 2.05) is 27.7 Å². The number of hydrogen-bond acceptors (Lipinski definition) is 9. The highest BCUT2D eigenvalue weighted by Crippen LogP contribution is 2.67. The van der Waals surface area contributed by atoms with Crippen molar-refractivity contribution in [1.82, 2.24) is 0 Å². The summed E-state index contributed by atoms with van der Waals surface area (Å²) in [7, 11) is 0. The highest BCUT2D eigenvalue weighted by Gasteiger charge is 2.26. The standard InChI is InChI=1S/C15H24O.C9H22O4P2S4/c1-10-8-11(14(2,3)4)13(16)12(9-10)15(5,6)7;1-5-10-14(16,11-6-2)18-9-19-15(17,12-7-3)13-8-4/h8-9,16H,1-7H3;5-9H2,1-4H3. The van der Waals surface area contributed by atoms with Crippen LogP contribution in [-0.2, 0) is 52.5 Å². The van der Waals surface area contributed by atoms with Gasteiger partial charge in [-0.25, -0.2) is 0 Å². The first kappa shape index (κ1) is 35.9. The van der Waals surface area contributed by atoms with Crippen molar-refractivity contribution in [2.45, 2.75) is 87.0 Å². The Morgan fingerprint density at radius 2 is 1.00 bits per heavy atom. The lowest BCUT2D eigenvalue weighted by atomic mass is 9.78. The van der Waals surface area contributed by atoms with Crippen LogP contribution in [0.3, 0.4) is 0 Å². The average Bonchev–Trinajstić information content (AvgIpc) is 2.69. The Hall–Kier alpha value is 0.860. The van der Waals surface area contributed by atoms with Crippen LogP contribution < -0.4 is 0 Å². The first-order valence-corrected chi connectivity index (χ1v) is 20.4. The van der Waals surface area contributed by atoms with E-state index in [1.165, 1.54) is 28.3 Å². The highest BCUT2D eigenvalue weighted by molar-refractivity contribution is 8.76. The molecule has 0 aliphatic rings. The molecule has 35 heavy (non-hydrogen) atoms. The molecule has 0 aromatic heterocycles. The third-order valence-electron chi connectivity index (χ3n) is 4.44. The molecule has 0 saturated heterocycles. The molecule has 0 spiro atoms. The molecule has 11 heteroatoms. The summed E-state index contributed by atoms with van der Waals surface area (Å²) >= 11 is 13.9. The second kappa shape index (κ2) is 16.1. The normalized spacial score (nSPS) is 12.9. The van der Waals surface area contributed by atoms with Gasteiger partial charge in [0.25, 0.3) is 0 Å². The zero-order chi connectivity index (χ0) is 27.5. The van der Waals surface area contributed by atoms with Crippen LogP contribution >= 0.6 is 34.2 Å². The van der Waals surface area contributed by atoms with Gasteiger partial charge in [0.15, 0.2) is 0 Å². The second-order valence-corrected chi connectivity index (χ2v) is 22.6. The predicted molar refractivity (Wildman–Crippen MR) is 165 cm³/mol. The van der Waals surface area contributed by atoms with E-state index < -0.39 is 11.4 Å². The lowest BCUT2D eigenvalue weighted by Crippen LogP contribution is -2.17. The van der Waals surface area contributed by atoms with Gasteiger partial charge in [-0.2, -0.15) is 0 Å². The molecule has 1 aromatic rings. The van der Waals surface area contributed by atoms with Gasteiger partial charge in [-0.05, 0) is 80.2 Å². The van der Waals surface area contributed by atoms with Crippen LogP contribution in [0.5, 0.6) is 5.75 Å². The molecule has 0 atom stereocenters. The number of hydrogen-bond donors (Lipinski definition) is 1. The Kier molecular flexibility index (Phi) is 16.5. The topological polar surface area (TPSA) is 57.2 Å². The minimum absolute atomic E-state index is 0.0178. The maximum atomic E-state index is 10.4. The largest absolute Gasteiger partial charge is 0.507 e. The predicted octanol–water partition coefficient (Wildman–Crippen LogP) is 9.30. The van der Waals surface area contributed by atoms with Gasteiger partial charge >= 0.3 is 0 Å². The molecule has 0 heterocycles. The molecule has 0 amide bonds. The molecule has 0 saturated carbocycles. The van der Waals surface area contributed by atoms with Crippen LogP contribution in [0.15, 0.2) is 12.1 Å². The fourth-order valence-corrected chi connectivity index (χ4v) is 15.6. The van der Waals surface area contributed by atoms with Crippen molar-refractivity contribution in [2.24, 2.45) is 0 Å². The molecular formula is C24H46O5P2S4. The number of rotatable bonds is 12. The summed E-state index contributed by atoms with van der Waals surface area (Å²) in [5.74, 6) is 0.464. The molecule has 1 rings (SSSR count). The second-order valence-electron chi connectivity index (χ2n) is 9.65. The van der Waals surface area contributed by atoms with E-state index in [9.17, 15) is 5.11 Å². The molecule has 5 nitrogen and oxygen atoms in total. The summed E-state index contributed by atoms with van der Waals surface area (Å²) in [6.07, 6.45) is 0. The van der Waals surface area contributed by atoms with Gasteiger partial charge in [-0.3, -0.25) is 0 Å². The van der Waals surface area contributed by atoms with E-state index in [0.29, 0.717) is 37.3 Å². The number of aryl methyl sites for hydroxylation is 1. The Labute approximate surface area is 233 Å². The number of phenols is 1. The number of aromatic hydroxyl groups is 1. The molecule has 1 N–H and O–H groups in total. The minimum atomic E-state index is -2.25. The summed E-state index contributed by atoms with van der Waals surface area (Å²) in [6.45, 7) is 24.8. The van der Waals surface area contributed by atoms with Crippen molar-refractivity contribution in [3.05, 3.63) is 28.8 Å². The van der Waals surface area contributed by atoms with Crippen molar-refractivity contribution in [3.63, 3.8) is 0 Å². The van der Waals surface area contributed by atoms with E-state index in [1.54, 1.807) is 0 Å². The van der Waals surface area contributed by atoms with Gasteiger partial charge in [-0.15, -0.1) is 0 Å². The lowest BCUT2D eigenvalue weighted by Gasteiger charge is -2.27. The fourth-order valence-electron chi connectivity index (χ4n) is 2.93. The van der Waals surface area contributed by atoms with E-state index in [4.69, 9.17) is 41.7 Å². The molecule has 0 aliphatic heterocycles. The van der Waals surface area contributed by atoms with Crippen molar-refractivity contribution in [1.29, 1.82) is 0 Å². The summed E-state index contributed by atoms with van der Waals surface area (Å²) < 4.78 is 22.2. The van der Waals surface area contributed by atoms with Gasteiger partial charge in [0.05, 0.1) is 31.5 Å². The monoisotopic (exact) mass is 604 g/mol. The van der Waals surface area contributed by atoms with Crippen LogP contribution in [0.4, 0.5) is 0 Å². The van der Waals surface area contributed by atoms with Gasteiger partial charge < -0.3 is 23.2 Å². The van der Waals surface area contributed by atoms with Crippen LogP contribution in [0.2, 0.25) is 0 Å². The minimum Gasteiger partial charge on any atom is -0.507 e. The van der Waals surface area contributed by atoms with Crippen LogP contribution in [0, 0.1) is 6.92 Å². The molecule has 1 aromatic carbocycles. The Bertz CT molecular complexity index is 781. The zero-order valence-electron chi connectivity index (χ0n) is 23.3. The summed E-state index contributed by atoms with van der Waals surface area (Å²) in [5, 5.41) is 11.0. The number of phenolic OH excluding ortho intramolecular Hbond substituents is 1. The summed E-state index contributed by atoms with van der Waals surface area (Å²) in [6, 6.07) is 4.18. The zero-order valence-corrected chi connectivity index (χ0v) is 28.4. The summed E-state index contributed by atoms with van der Waals surface area (Å²) in [4.78, 5) is 0. The van der Waals surface area contributed by atoms with Gasteiger partial charge in [-0.1, -0.05) is 82.0 Å². The Morgan fingerprint density at radius 1 is 0.714 bits per heavy atom. The van der Waals surface area contributed by atoms with Crippen LogP contribution in [-0.4, -0.2) is 36.6 Å². The molecule has 206 valence electrons. The molecule has 0 unspecified atom stereocenters. The quantitative estimate of drug-likeness (QED) is 0.186. The van der Waals surface area contributed by atoms with Gasteiger partial charge in [0.1, 0.15) is 5.75 Å². The maximum absolute atomic E-state index is 10.4.